The van der Waals surface area contributed by atoms with Crippen LogP contribution in [-0.2, 0) is 0 Å². The van der Waals surface area contributed by atoms with Crippen molar-refractivity contribution in [3.05, 3.63) is 66.2 Å². The van der Waals surface area contributed by atoms with Gasteiger partial charge < -0.3 is 14.8 Å². The van der Waals surface area contributed by atoms with E-state index in [1.165, 1.54) is 0 Å². The number of carbonyl (C=O) groups excluding carboxylic acids is 1. The Morgan fingerprint density at radius 2 is 1.75 bits per heavy atom. The number of ketones is 1. The molecule has 24 heavy (non-hydrogen) atoms. The van der Waals surface area contributed by atoms with Gasteiger partial charge in [-0.2, -0.15) is 0 Å². The molecule has 0 bridgehead atoms. The molecule has 0 aromatic heterocycles. The highest BCUT2D eigenvalue weighted by atomic mass is 16.7. The van der Waals surface area contributed by atoms with Crippen LogP contribution < -0.4 is 14.8 Å². The molecule has 4 heteroatoms. The summed E-state index contributed by atoms with van der Waals surface area (Å²) in [4.78, 5) is 12.4. The van der Waals surface area contributed by atoms with Crippen molar-refractivity contribution >= 4 is 22.2 Å². The molecule has 0 fully saturated rings. The van der Waals surface area contributed by atoms with Gasteiger partial charge in [-0.15, -0.1) is 0 Å². The van der Waals surface area contributed by atoms with Crippen molar-refractivity contribution in [2.24, 2.45) is 0 Å². The Labute approximate surface area is 140 Å². The van der Waals surface area contributed by atoms with Crippen LogP contribution in [0, 0.1) is 0 Å². The molecule has 0 amide bonds. The van der Waals surface area contributed by atoms with Gasteiger partial charge in [0.2, 0.25) is 6.79 Å². The number of Topliss-reactive ketones (excluding diaryl/α,β-unsaturated/α-hetero) is 1. The van der Waals surface area contributed by atoms with Crippen molar-refractivity contribution in [2.75, 3.05) is 18.7 Å². The number of benzene rings is 3. The SMILES string of the molecule is O=C(CCNc1ccc2c(c1)OCO2)c1ccc2ccccc2c1. The molecule has 0 aliphatic carbocycles. The first kappa shape index (κ1) is 14.6. The molecule has 120 valence electrons. The molecule has 4 rings (SSSR count). The molecule has 3 aromatic carbocycles. The number of fused-ring (bicyclic) bond motifs is 2. The van der Waals surface area contributed by atoms with Crippen LogP contribution in [0.25, 0.3) is 10.8 Å². The van der Waals surface area contributed by atoms with Gasteiger partial charge in [-0.3, -0.25) is 4.79 Å². The Morgan fingerprint density at radius 3 is 2.67 bits per heavy atom. The zero-order valence-electron chi connectivity index (χ0n) is 13.1. The number of anilines is 1. The predicted molar refractivity (Wildman–Crippen MR) is 94.0 cm³/mol. The first-order valence-corrected chi connectivity index (χ1v) is 7.95. The fourth-order valence-electron chi connectivity index (χ4n) is 2.83. The van der Waals surface area contributed by atoms with Gasteiger partial charge in [0.1, 0.15) is 0 Å². The third-order valence-corrected chi connectivity index (χ3v) is 4.13. The van der Waals surface area contributed by atoms with E-state index in [1.807, 2.05) is 60.7 Å². The summed E-state index contributed by atoms with van der Waals surface area (Å²) in [6.07, 6.45) is 0.437. The van der Waals surface area contributed by atoms with E-state index in [0.717, 1.165) is 33.5 Å². The second kappa shape index (κ2) is 6.24. The van der Waals surface area contributed by atoms with E-state index in [0.29, 0.717) is 13.0 Å². The Hall–Kier alpha value is -3.01. The molecule has 0 spiro atoms. The van der Waals surface area contributed by atoms with Crippen LogP contribution in [0.3, 0.4) is 0 Å². The summed E-state index contributed by atoms with van der Waals surface area (Å²) in [7, 11) is 0. The number of ether oxygens (including phenoxy) is 2. The Bertz CT molecular complexity index is 904. The van der Waals surface area contributed by atoms with Crippen molar-refractivity contribution in [1.29, 1.82) is 0 Å². The average molecular weight is 319 g/mol. The lowest BCUT2D eigenvalue weighted by Gasteiger charge is -2.07. The molecule has 0 saturated heterocycles. The van der Waals surface area contributed by atoms with Crippen molar-refractivity contribution in [3.8, 4) is 11.5 Å². The first-order chi connectivity index (χ1) is 11.8. The number of carbonyl (C=O) groups is 1. The number of hydrogen-bond donors (Lipinski definition) is 1. The lowest BCUT2D eigenvalue weighted by atomic mass is 10.0. The molecular formula is C20H17NO3. The molecule has 1 aliphatic rings. The Balaban J connectivity index is 1.39. The van der Waals surface area contributed by atoms with Crippen molar-refractivity contribution in [2.45, 2.75) is 6.42 Å². The largest absolute Gasteiger partial charge is 0.454 e. The average Bonchev–Trinajstić information content (AvgIpc) is 3.09. The van der Waals surface area contributed by atoms with Gasteiger partial charge in [-0.1, -0.05) is 36.4 Å². The van der Waals surface area contributed by atoms with Gasteiger partial charge >= 0.3 is 0 Å². The van der Waals surface area contributed by atoms with Crippen LogP contribution in [0.4, 0.5) is 5.69 Å². The van der Waals surface area contributed by atoms with Crippen LogP contribution in [0.5, 0.6) is 11.5 Å². The van der Waals surface area contributed by atoms with Gasteiger partial charge in [0.15, 0.2) is 17.3 Å². The number of nitrogens with one attached hydrogen (secondary N) is 1. The fourth-order valence-corrected chi connectivity index (χ4v) is 2.83. The maximum atomic E-state index is 12.4. The van der Waals surface area contributed by atoms with Crippen molar-refractivity contribution < 1.29 is 14.3 Å². The molecule has 4 nitrogen and oxygen atoms in total. The smallest absolute Gasteiger partial charge is 0.231 e. The van der Waals surface area contributed by atoms with Crippen LogP contribution >= 0.6 is 0 Å². The third kappa shape index (κ3) is 2.91. The molecule has 1 N–H and O–H groups in total. The van der Waals surface area contributed by atoms with Crippen LogP contribution in [0.2, 0.25) is 0 Å². The minimum Gasteiger partial charge on any atom is -0.454 e. The van der Waals surface area contributed by atoms with Crippen LogP contribution in [-0.4, -0.2) is 19.1 Å². The van der Waals surface area contributed by atoms with E-state index < -0.39 is 0 Å². The van der Waals surface area contributed by atoms with E-state index in [2.05, 4.69) is 5.32 Å². The first-order valence-electron chi connectivity index (χ1n) is 7.95. The highest BCUT2D eigenvalue weighted by Gasteiger charge is 2.13. The minimum atomic E-state index is 0.133. The third-order valence-electron chi connectivity index (χ3n) is 4.13. The summed E-state index contributed by atoms with van der Waals surface area (Å²) >= 11 is 0. The summed E-state index contributed by atoms with van der Waals surface area (Å²) in [5, 5.41) is 5.49. The highest BCUT2D eigenvalue weighted by Crippen LogP contribution is 2.34. The summed E-state index contributed by atoms with van der Waals surface area (Å²) in [6.45, 7) is 0.838. The lowest BCUT2D eigenvalue weighted by molar-refractivity contribution is 0.0986. The van der Waals surface area contributed by atoms with E-state index in [9.17, 15) is 4.79 Å². The van der Waals surface area contributed by atoms with E-state index in [4.69, 9.17) is 9.47 Å². The predicted octanol–water partition coefficient (Wildman–Crippen LogP) is 4.25. The minimum absolute atomic E-state index is 0.133. The zero-order valence-corrected chi connectivity index (χ0v) is 13.1. The number of rotatable bonds is 5. The summed E-state index contributed by atoms with van der Waals surface area (Å²) in [6, 6.07) is 19.6. The molecule has 0 unspecified atom stereocenters. The topological polar surface area (TPSA) is 47.6 Å². The monoisotopic (exact) mass is 319 g/mol. The van der Waals surface area contributed by atoms with E-state index >= 15 is 0 Å². The van der Waals surface area contributed by atoms with Gasteiger partial charge in [-0.25, -0.2) is 0 Å². The van der Waals surface area contributed by atoms with Gasteiger partial charge in [0.05, 0.1) is 0 Å². The molecule has 0 radical (unpaired) electrons. The Morgan fingerprint density at radius 1 is 0.917 bits per heavy atom. The second-order valence-corrected chi connectivity index (χ2v) is 5.73. The van der Waals surface area contributed by atoms with E-state index in [1.54, 1.807) is 0 Å². The fraction of sp³-hybridized carbons (Fsp3) is 0.150. The second-order valence-electron chi connectivity index (χ2n) is 5.73. The Kier molecular flexibility index (Phi) is 3.79. The molecule has 0 atom stereocenters. The van der Waals surface area contributed by atoms with Gasteiger partial charge in [-0.05, 0) is 29.0 Å². The quantitative estimate of drug-likeness (QED) is 0.714. The standard InChI is InChI=1S/C20H17NO3/c22-18(16-6-5-14-3-1-2-4-15(14)11-16)9-10-21-17-7-8-19-20(12-17)24-13-23-19/h1-8,11-12,21H,9-10,13H2. The van der Waals surface area contributed by atoms with Crippen LogP contribution in [0.1, 0.15) is 16.8 Å². The summed E-state index contributed by atoms with van der Waals surface area (Å²) in [5.74, 6) is 1.63. The zero-order chi connectivity index (χ0) is 16.4. The van der Waals surface area contributed by atoms with Crippen LogP contribution in [0.15, 0.2) is 60.7 Å². The highest BCUT2D eigenvalue weighted by molar-refractivity contribution is 6.00. The molecule has 1 aliphatic heterocycles. The van der Waals surface area contributed by atoms with Gasteiger partial charge in [0, 0.05) is 30.3 Å². The molecule has 0 saturated carbocycles. The van der Waals surface area contributed by atoms with E-state index in [-0.39, 0.29) is 12.6 Å². The number of hydrogen-bond acceptors (Lipinski definition) is 4. The summed E-state index contributed by atoms with van der Waals surface area (Å²) in [5.41, 5.74) is 1.67. The normalized spacial score (nSPS) is 12.3. The maximum absolute atomic E-state index is 12.4. The molecular weight excluding hydrogens is 302 g/mol. The lowest BCUT2D eigenvalue weighted by Crippen LogP contribution is -2.08. The van der Waals surface area contributed by atoms with Gasteiger partial charge in [0.25, 0.3) is 0 Å². The van der Waals surface area contributed by atoms with Crippen molar-refractivity contribution in [3.63, 3.8) is 0 Å². The maximum Gasteiger partial charge on any atom is 0.231 e. The molecule has 3 aromatic rings. The summed E-state index contributed by atoms with van der Waals surface area (Å²) < 4.78 is 10.6. The molecule has 1 heterocycles. The van der Waals surface area contributed by atoms with Crippen molar-refractivity contribution in [1.82, 2.24) is 0 Å².